The van der Waals surface area contributed by atoms with E-state index in [9.17, 15) is 4.79 Å². The normalized spacial score (nSPS) is 23.3. The van der Waals surface area contributed by atoms with Crippen LogP contribution in [-0.4, -0.2) is 12.1 Å². The molecule has 0 aromatic heterocycles. The number of hydrogen-bond acceptors (Lipinski definition) is 3. The molecule has 0 aromatic rings. The molecule has 54 valence electrons. The monoisotopic (exact) mass is 268 g/mol. The summed E-state index contributed by atoms with van der Waals surface area (Å²) >= 11 is 2.08. The van der Waals surface area contributed by atoms with Crippen molar-refractivity contribution in [3.8, 4) is 11.2 Å². The molecule has 0 aliphatic carbocycles. The van der Waals surface area contributed by atoms with Crippen LogP contribution in [0.2, 0.25) is 0 Å². The fraction of sp³-hybridized carbons (Fsp3) is 0.500. The minimum Gasteiger partial charge on any atom is -0.449 e. The van der Waals surface area contributed by atoms with Crippen molar-refractivity contribution in [1.29, 1.82) is 0 Å². The van der Waals surface area contributed by atoms with Crippen molar-refractivity contribution in [1.82, 2.24) is 0 Å². The van der Waals surface area contributed by atoms with E-state index in [1.807, 2.05) is 0 Å². The standard InChI is InChI=1S/C6H5IO2S/c7-10-4-3-5-1-2-6(8)9-5/h5H,1-2H2. The van der Waals surface area contributed by atoms with Crippen LogP contribution in [-0.2, 0) is 9.53 Å². The molecule has 4 heteroatoms. The predicted molar refractivity (Wildman–Crippen MR) is 48.5 cm³/mol. The minimum atomic E-state index is -0.144. The molecule has 1 aliphatic heterocycles. The molecule has 1 heterocycles. The van der Waals surface area contributed by atoms with Gasteiger partial charge in [-0.25, -0.2) is 0 Å². The molecule has 2 nitrogen and oxygen atoms in total. The molecule has 0 radical (unpaired) electrons. The number of carbonyl (C=O) groups excluding carboxylic acids is 1. The Kier molecular flexibility index (Phi) is 3.35. The molecule has 0 N–H and O–H groups in total. The molecule has 1 atom stereocenters. The van der Waals surface area contributed by atoms with E-state index in [4.69, 9.17) is 4.74 Å². The molecule has 0 aromatic carbocycles. The minimum absolute atomic E-state index is 0.127. The van der Waals surface area contributed by atoms with Gasteiger partial charge in [-0.2, -0.15) is 0 Å². The SMILES string of the molecule is O=C1CCC(C#CSI)O1. The van der Waals surface area contributed by atoms with Crippen LogP contribution < -0.4 is 0 Å². The van der Waals surface area contributed by atoms with E-state index >= 15 is 0 Å². The lowest BCUT2D eigenvalue weighted by Crippen LogP contribution is -2.02. The Hall–Kier alpha value is 0.110. The van der Waals surface area contributed by atoms with Gasteiger partial charge in [-0.1, -0.05) is 0 Å². The van der Waals surface area contributed by atoms with Crippen LogP contribution in [0.15, 0.2) is 0 Å². The summed E-state index contributed by atoms with van der Waals surface area (Å²) in [6.45, 7) is 0. The Morgan fingerprint density at radius 2 is 2.60 bits per heavy atom. The summed E-state index contributed by atoms with van der Waals surface area (Å²) in [7, 11) is 1.41. The summed E-state index contributed by atoms with van der Waals surface area (Å²) in [5.41, 5.74) is 0. The van der Waals surface area contributed by atoms with E-state index in [1.165, 1.54) is 8.93 Å². The first-order valence-electron chi connectivity index (χ1n) is 2.80. The third-order valence-corrected chi connectivity index (χ3v) is 2.00. The predicted octanol–water partition coefficient (Wildman–Crippen LogP) is 1.74. The smallest absolute Gasteiger partial charge is 0.307 e. The zero-order valence-corrected chi connectivity index (χ0v) is 8.07. The summed E-state index contributed by atoms with van der Waals surface area (Å²) < 4.78 is 4.83. The van der Waals surface area contributed by atoms with Crippen molar-refractivity contribution in [3.05, 3.63) is 0 Å². The van der Waals surface area contributed by atoms with Gasteiger partial charge < -0.3 is 4.74 Å². The van der Waals surface area contributed by atoms with Gasteiger partial charge in [0, 0.05) is 27.6 Å². The topological polar surface area (TPSA) is 26.3 Å². The second-order valence-corrected chi connectivity index (χ2v) is 3.52. The van der Waals surface area contributed by atoms with Gasteiger partial charge in [-0.05, 0) is 20.1 Å². The molecule has 1 saturated heterocycles. The van der Waals surface area contributed by atoms with Gasteiger partial charge in [0.15, 0.2) is 6.10 Å². The van der Waals surface area contributed by atoms with Crippen molar-refractivity contribution >= 4 is 36.1 Å². The summed E-state index contributed by atoms with van der Waals surface area (Å²) in [6.07, 6.45) is 1.13. The van der Waals surface area contributed by atoms with Crippen LogP contribution in [0, 0.1) is 11.2 Å². The maximum absolute atomic E-state index is 10.5. The fourth-order valence-electron chi connectivity index (χ4n) is 0.715. The zero-order valence-electron chi connectivity index (χ0n) is 5.09. The van der Waals surface area contributed by atoms with E-state index in [0.29, 0.717) is 6.42 Å². The van der Waals surface area contributed by atoms with Crippen LogP contribution in [0.1, 0.15) is 12.8 Å². The summed E-state index contributed by atoms with van der Waals surface area (Å²) in [5.74, 6) is 2.70. The molecule has 1 rings (SSSR count). The number of esters is 1. The van der Waals surface area contributed by atoms with Crippen LogP contribution >= 0.6 is 30.1 Å². The van der Waals surface area contributed by atoms with Gasteiger partial charge in [0.1, 0.15) is 0 Å². The molecule has 10 heavy (non-hydrogen) atoms. The second-order valence-electron chi connectivity index (χ2n) is 1.84. The first-order valence-corrected chi connectivity index (χ1v) is 6.16. The van der Waals surface area contributed by atoms with E-state index in [2.05, 4.69) is 32.4 Å². The van der Waals surface area contributed by atoms with Crippen molar-refractivity contribution < 1.29 is 9.53 Å². The number of cyclic esters (lactones) is 1. The fourth-order valence-corrected chi connectivity index (χ4v) is 1.27. The number of hydrogen-bond donors (Lipinski definition) is 0. The molecular formula is C6H5IO2S. The third-order valence-electron chi connectivity index (χ3n) is 1.14. The average Bonchev–Trinajstić information content (AvgIpc) is 2.31. The van der Waals surface area contributed by atoms with Crippen LogP contribution in [0.3, 0.4) is 0 Å². The maximum Gasteiger partial charge on any atom is 0.307 e. The maximum atomic E-state index is 10.5. The Labute approximate surface area is 75.7 Å². The third kappa shape index (κ3) is 2.39. The largest absolute Gasteiger partial charge is 0.449 e. The Balaban J connectivity index is 2.38. The van der Waals surface area contributed by atoms with E-state index in [0.717, 1.165) is 6.42 Å². The molecule has 0 saturated carbocycles. The van der Waals surface area contributed by atoms with Crippen LogP contribution in [0.4, 0.5) is 0 Å². The Morgan fingerprint density at radius 3 is 3.10 bits per heavy atom. The van der Waals surface area contributed by atoms with Crippen LogP contribution in [0.5, 0.6) is 0 Å². The first-order chi connectivity index (χ1) is 4.83. The van der Waals surface area contributed by atoms with Crippen molar-refractivity contribution in [2.45, 2.75) is 18.9 Å². The molecule has 0 amide bonds. The van der Waals surface area contributed by atoms with E-state index in [-0.39, 0.29) is 12.1 Å². The lowest BCUT2D eigenvalue weighted by Gasteiger charge is -1.95. The summed E-state index contributed by atoms with van der Waals surface area (Å²) in [5, 5.41) is 2.79. The van der Waals surface area contributed by atoms with Gasteiger partial charge in [-0.15, -0.1) is 0 Å². The molecular weight excluding hydrogens is 263 g/mol. The lowest BCUT2D eigenvalue weighted by atomic mass is 10.2. The van der Waals surface area contributed by atoms with E-state index in [1.54, 1.807) is 0 Å². The van der Waals surface area contributed by atoms with Gasteiger partial charge in [0.05, 0.1) is 6.42 Å². The number of ether oxygens (including phenoxy) is 1. The molecule has 1 fully saturated rings. The first kappa shape index (κ1) is 8.21. The molecule has 0 bridgehead atoms. The van der Waals surface area contributed by atoms with Gasteiger partial charge in [-0.3, -0.25) is 4.79 Å². The Bertz CT molecular complexity index is 194. The highest BCUT2D eigenvalue weighted by Crippen LogP contribution is 2.14. The van der Waals surface area contributed by atoms with Gasteiger partial charge in [0.2, 0.25) is 0 Å². The second kappa shape index (κ2) is 4.09. The number of rotatable bonds is 0. The van der Waals surface area contributed by atoms with Crippen molar-refractivity contribution in [2.24, 2.45) is 0 Å². The Morgan fingerprint density at radius 1 is 1.80 bits per heavy atom. The lowest BCUT2D eigenvalue weighted by molar-refractivity contribution is -0.139. The molecule has 1 unspecified atom stereocenters. The average molecular weight is 268 g/mol. The number of halogens is 1. The zero-order chi connectivity index (χ0) is 7.40. The number of carbonyl (C=O) groups is 1. The van der Waals surface area contributed by atoms with Gasteiger partial charge in [0.25, 0.3) is 0 Å². The summed E-state index contributed by atoms with van der Waals surface area (Å²) in [6, 6.07) is 0. The van der Waals surface area contributed by atoms with Gasteiger partial charge >= 0.3 is 5.97 Å². The van der Waals surface area contributed by atoms with E-state index < -0.39 is 0 Å². The quantitative estimate of drug-likeness (QED) is 0.380. The highest BCUT2D eigenvalue weighted by molar-refractivity contribution is 14.2. The summed E-state index contributed by atoms with van der Waals surface area (Å²) in [4.78, 5) is 10.5. The van der Waals surface area contributed by atoms with Crippen molar-refractivity contribution in [2.75, 3.05) is 0 Å². The highest BCUT2D eigenvalue weighted by Gasteiger charge is 2.20. The van der Waals surface area contributed by atoms with Crippen molar-refractivity contribution in [3.63, 3.8) is 0 Å². The highest BCUT2D eigenvalue weighted by atomic mass is 127. The molecule has 1 aliphatic rings. The van der Waals surface area contributed by atoms with Crippen LogP contribution in [0.25, 0.3) is 0 Å². The molecule has 0 spiro atoms.